The molecule has 3 fully saturated rings. The fraction of sp³-hybridized carbons (Fsp3) is 1.00. The molecule has 0 aromatic carbocycles. The molecule has 0 spiro atoms. The molecule has 0 saturated carbocycles. The van der Waals surface area contributed by atoms with E-state index in [4.69, 9.17) is 0 Å². The normalized spacial score (nSPS) is 29.2. The maximum absolute atomic E-state index is 2.83. The molecule has 0 radical (unpaired) electrons. The van der Waals surface area contributed by atoms with Crippen LogP contribution in [0.4, 0.5) is 0 Å². The lowest BCUT2D eigenvalue weighted by Gasteiger charge is -2.46. The highest BCUT2D eigenvalue weighted by Crippen LogP contribution is 2.35. The summed E-state index contributed by atoms with van der Waals surface area (Å²) >= 11 is 0. The van der Waals surface area contributed by atoms with E-state index in [9.17, 15) is 0 Å². The highest BCUT2D eigenvalue weighted by atomic mass is 15.2. The van der Waals surface area contributed by atoms with Crippen molar-refractivity contribution < 1.29 is 0 Å². The fourth-order valence-electron chi connectivity index (χ4n) is 5.11. The third-order valence-corrected chi connectivity index (χ3v) is 6.97. The Morgan fingerprint density at radius 3 is 1.43 bits per heavy atom. The molecular weight excluding hydrogens is 282 g/mol. The summed E-state index contributed by atoms with van der Waals surface area (Å²) in [6, 6.07) is 1.75. The summed E-state index contributed by atoms with van der Waals surface area (Å²) in [6.07, 6.45) is 8.42. The van der Waals surface area contributed by atoms with Crippen molar-refractivity contribution in [2.75, 3.05) is 46.3 Å². The molecule has 3 rings (SSSR count). The zero-order valence-corrected chi connectivity index (χ0v) is 16.1. The van der Waals surface area contributed by atoms with E-state index in [0.29, 0.717) is 5.41 Å². The molecule has 134 valence electrons. The topological polar surface area (TPSA) is 9.72 Å². The Bertz CT molecular complexity index is 352. The Labute approximate surface area is 144 Å². The molecule has 3 aliphatic heterocycles. The zero-order chi connectivity index (χ0) is 16.4. The van der Waals surface area contributed by atoms with E-state index in [1.807, 2.05) is 0 Å². The van der Waals surface area contributed by atoms with Gasteiger partial charge in [-0.05, 0) is 96.2 Å². The second kappa shape index (κ2) is 7.41. The molecular formula is C20H39N3. The Hall–Kier alpha value is -0.120. The number of rotatable bonds is 2. The van der Waals surface area contributed by atoms with Gasteiger partial charge in [0.2, 0.25) is 0 Å². The van der Waals surface area contributed by atoms with Crippen LogP contribution in [0.2, 0.25) is 0 Å². The van der Waals surface area contributed by atoms with Crippen LogP contribution in [-0.2, 0) is 0 Å². The van der Waals surface area contributed by atoms with E-state index in [1.165, 1.54) is 77.8 Å². The smallest absolute Gasteiger partial charge is 0.0120 e. The van der Waals surface area contributed by atoms with Gasteiger partial charge in [0, 0.05) is 12.1 Å². The molecule has 3 nitrogen and oxygen atoms in total. The first-order valence-corrected chi connectivity index (χ1v) is 10.1. The van der Waals surface area contributed by atoms with Crippen molar-refractivity contribution in [3.63, 3.8) is 0 Å². The lowest BCUT2D eigenvalue weighted by Crippen LogP contribution is -2.52. The number of piperidine rings is 3. The van der Waals surface area contributed by atoms with E-state index in [-0.39, 0.29) is 0 Å². The number of hydrogen-bond donors (Lipinski definition) is 0. The highest BCUT2D eigenvalue weighted by molar-refractivity contribution is 4.88. The van der Waals surface area contributed by atoms with Crippen molar-refractivity contribution in [2.45, 2.75) is 71.4 Å². The average Bonchev–Trinajstić information content (AvgIpc) is 2.55. The molecule has 3 heteroatoms. The summed E-state index contributed by atoms with van der Waals surface area (Å²) in [5.74, 6) is 0.929. The zero-order valence-electron chi connectivity index (χ0n) is 16.1. The van der Waals surface area contributed by atoms with E-state index in [2.05, 4.69) is 42.5 Å². The monoisotopic (exact) mass is 321 g/mol. The summed E-state index contributed by atoms with van der Waals surface area (Å²) in [6.45, 7) is 15.3. The predicted octanol–water partition coefficient (Wildman–Crippen LogP) is 3.30. The third-order valence-electron chi connectivity index (χ3n) is 6.97. The van der Waals surface area contributed by atoms with E-state index in [0.717, 1.165) is 18.0 Å². The summed E-state index contributed by atoms with van der Waals surface area (Å²) < 4.78 is 0. The van der Waals surface area contributed by atoms with Gasteiger partial charge in [-0.3, -0.25) is 0 Å². The first kappa shape index (κ1) is 17.7. The Kier molecular flexibility index (Phi) is 5.70. The molecule has 0 aromatic rings. The van der Waals surface area contributed by atoms with Gasteiger partial charge in [-0.25, -0.2) is 0 Å². The highest BCUT2D eigenvalue weighted by Gasteiger charge is 2.34. The molecule has 0 N–H and O–H groups in total. The van der Waals surface area contributed by atoms with Gasteiger partial charge < -0.3 is 14.7 Å². The number of hydrogen-bond acceptors (Lipinski definition) is 3. The van der Waals surface area contributed by atoms with Crippen LogP contribution in [0.5, 0.6) is 0 Å². The van der Waals surface area contributed by atoms with Crippen LogP contribution in [0, 0.1) is 11.3 Å². The standard InChI is InChI=1S/C20H39N3/c1-20(2,3)17-5-13-22(14-6-17)19-9-15-23(16-10-19)18-7-11-21(4)12-8-18/h17-19H,5-16H2,1-4H3. The summed E-state index contributed by atoms with van der Waals surface area (Å²) in [4.78, 5) is 8.13. The molecule has 0 atom stereocenters. The van der Waals surface area contributed by atoms with Crippen molar-refractivity contribution in [1.29, 1.82) is 0 Å². The summed E-state index contributed by atoms with van der Waals surface area (Å²) in [5.41, 5.74) is 0.504. The minimum atomic E-state index is 0.504. The van der Waals surface area contributed by atoms with E-state index in [1.54, 1.807) is 0 Å². The molecule has 3 saturated heterocycles. The molecule has 0 unspecified atom stereocenters. The van der Waals surface area contributed by atoms with Crippen LogP contribution in [0.1, 0.15) is 59.3 Å². The largest absolute Gasteiger partial charge is 0.306 e. The molecule has 3 heterocycles. The van der Waals surface area contributed by atoms with Crippen LogP contribution in [0.15, 0.2) is 0 Å². The van der Waals surface area contributed by atoms with Crippen LogP contribution in [-0.4, -0.2) is 73.1 Å². The third kappa shape index (κ3) is 4.49. The minimum Gasteiger partial charge on any atom is -0.306 e. The molecule has 23 heavy (non-hydrogen) atoms. The van der Waals surface area contributed by atoms with Gasteiger partial charge in [0.1, 0.15) is 0 Å². The lowest BCUT2D eigenvalue weighted by atomic mass is 9.75. The first-order valence-electron chi connectivity index (χ1n) is 10.1. The molecule has 3 aliphatic rings. The van der Waals surface area contributed by atoms with Crippen LogP contribution < -0.4 is 0 Å². The molecule has 0 bridgehead atoms. The number of likely N-dealkylation sites (tertiary alicyclic amines) is 3. The van der Waals surface area contributed by atoms with Gasteiger partial charge in [0.15, 0.2) is 0 Å². The van der Waals surface area contributed by atoms with Crippen molar-refractivity contribution in [1.82, 2.24) is 14.7 Å². The van der Waals surface area contributed by atoms with Crippen LogP contribution in [0.25, 0.3) is 0 Å². The fourth-order valence-corrected chi connectivity index (χ4v) is 5.11. The second-order valence-electron chi connectivity index (χ2n) is 9.48. The molecule has 0 aliphatic carbocycles. The Morgan fingerprint density at radius 2 is 1.00 bits per heavy atom. The van der Waals surface area contributed by atoms with Crippen molar-refractivity contribution in [3.8, 4) is 0 Å². The SMILES string of the molecule is CN1CCC(N2CCC(N3CCC(C(C)(C)C)CC3)CC2)CC1. The maximum atomic E-state index is 2.83. The Balaban J connectivity index is 1.41. The quantitative estimate of drug-likeness (QED) is 0.772. The van der Waals surface area contributed by atoms with E-state index < -0.39 is 0 Å². The maximum Gasteiger partial charge on any atom is 0.0120 e. The number of nitrogens with zero attached hydrogens (tertiary/aromatic N) is 3. The lowest BCUT2D eigenvalue weighted by molar-refractivity contribution is 0.0318. The second-order valence-corrected chi connectivity index (χ2v) is 9.48. The molecule has 0 aromatic heterocycles. The average molecular weight is 322 g/mol. The first-order chi connectivity index (χ1) is 10.9. The van der Waals surface area contributed by atoms with Crippen molar-refractivity contribution in [3.05, 3.63) is 0 Å². The Morgan fingerprint density at radius 1 is 0.609 bits per heavy atom. The van der Waals surface area contributed by atoms with Gasteiger partial charge in [-0.1, -0.05) is 20.8 Å². The van der Waals surface area contributed by atoms with Crippen molar-refractivity contribution in [2.24, 2.45) is 11.3 Å². The van der Waals surface area contributed by atoms with Gasteiger partial charge >= 0.3 is 0 Å². The van der Waals surface area contributed by atoms with E-state index >= 15 is 0 Å². The van der Waals surface area contributed by atoms with Gasteiger partial charge in [0.25, 0.3) is 0 Å². The van der Waals surface area contributed by atoms with Gasteiger partial charge in [-0.2, -0.15) is 0 Å². The summed E-state index contributed by atoms with van der Waals surface area (Å²) in [5, 5.41) is 0. The molecule has 0 amide bonds. The summed E-state index contributed by atoms with van der Waals surface area (Å²) in [7, 11) is 2.27. The minimum absolute atomic E-state index is 0.504. The van der Waals surface area contributed by atoms with Gasteiger partial charge in [0.05, 0.1) is 0 Å². The van der Waals surface area contributed by atoms with Crippen LogP contribution in [0.3, 0.4) is 0 Å². The van der Waals surface area contributed by atoms with Gasteiger partial charge in [-0.15, -0.1) is 0 Å². The predicted molar refractivity (Wildman–Crippen MR) is 98.9 cm³/mol. The van der Waals surface area contributed by atoms with Crippen molar-refractivity contribution >= 4 is 0 Å². The van der Waals surface area contributed by atoms with Crippen LogP contribution >= 0.6 is 0 Å².